The molecule has 0 radical (unpaired) electrons. The van der Waals surface area contributed by atoms with E-state index in [1.54, 1.807) is 42.5 Å². The molecule has 2 aromatic carbocycles. The van der Waals surface area contributed by atoms with Gasteiger partial charge < -0.3 is 16.0 Å². The molecule has 0 bridgehead atoms. The SMILES string of the molecule is NCc1ccc(C(=O)NC2CCCN(c3ccccc3F)C2=O)cc1. The molecule has 1 aliphatic rings. The predicted molar refractivity (Wildman–Crippen MR) is 93.6 cm³/mol. The molecule has 3 N–H and O–H groups in total. The summed E-state index contributed by atoms with van der Waals surface area (Å²) in [5.41, 5.74) is 7.19. The van der Waals surface area contributed by atoms with Crippen LogP contribution in [0, 0.1) is 5.82 Å². The van der Waals surface area contributed by atoms with Crippen molar-refractivity contribution in [1.29, 1.82) is 0 Å². The van der Waals surface area contributed by atoms with E-state index in [1.807, 2.05) is 0 Å². The molecule has 0 spiro atoms. The number of carbonyl (C=O) groups excluding carboxylic acids is 2. The Morgan fingerprint density at radius 1 is 1.20 bits per heavy atom. The number of halogens is 1. The van der Waals surface area contributed by atoms with Gasteiger partial charge in [0, 0.05) is 18.7 Å². The van der Waals surface area contributed by atoms with E-state index in [9.17, 15) is 14.0 Å². The molecule has 130 valence electrons. The summed E-state index contributed by atoms with van der Waals surface area (Å²) in [6.07, 6.45) is 1.23. The third-order valence-electron chi connectivity index (χ3n) is 4.34. The molecule has 2 aromatic rings. The van der Waals surface area contributed by atoms with Gasteiger partial charge in [0.15, 0.2) is 0 Å². The lowest BCUT2D eigenvalue weighted by Crippen LogP contribution is -2.52. The maximum Gasteiger partial charge on any atom is 0.251 e. The highest BCUT2D eigenvalue weighted by molar-refractivity contribution is 6.02. The van der Waals surface area contributed by atoms with E-state index in [-0.39, 0.29) is 17.5 Å². The van der Waals surface area contributed by atoms with Crippen LogP contribution in [0.1, 0.15) is 28.8 Å². The van der Waals surface area contributed by atoms with Crippen molar-refractivity contribution < 1.29 is 14.0 Å². The van der Waals surface area contributed by atoms with Crippen molar-refractivity contribution in [1.82, 2.24) is 5.32 Å². The highest BCUT2D eigenvalue weighted by Crippen LogP contribution is 2.24. The maximum absolute atomic E-state index is 14.0. The van der Waals surface area contributed by atoms with Crippen LogP contribution in [-0.4, -0.2) is 24.4 Å². The zero-order valence-electron chi connectivity index (χ0n) is 13.7. The van der Waals surface area contributed by atoms with E-state index in [0.29, 0.717) is 31.5 Å². The van der Waals surface area contributed by atoms with Crippen LogP contribution in [0.4, 0.5) is 10.1 Å². The first-order valence-electron chi connectivity index (χ1n) is 8.26. The Bertz CT molecular complexity index is 776. The summed E-state index contributed by atoms with van der Waals surface area (Å²) < 4.78 is 14.0. The normalized spacial score (nSPS) is 17.4. The minimum atomic E-state index is -0.657. The number of carbonyl (C=O) groups is 2. The second kappa shape index (κ2) is 7.44. The molecule has 1 unspecified atom stereocenters. The fourth-order valence-corrected chi connectivity index (χ4v) is 2.95. The second-order valence-corrected chi connectivity index (χ2v) is 6.01. The first-order chi connectivity index (χ1) is 12.1. The summed E-state index contributed by atoms with van der Waals surface area (Å²) in [5, 5.41) is 2.76. The quantitative estimate of drug-likeness (QED) is 0.895. The molecule has 0 saturated carbocycles. The molecular formula is C19H20FN3O2. The molecule has 5 nitrogen and oxygen atoms in total. The van der Waals surface area contributed by atoms with Gasteiger partial charge in [-0.05, 0) is 42.7 Å². The lowest BCUT2D eigenvalue weighted by molar-refractivity contribution is -0.121. The number of nitrogens with zero attached hydrogens (tertiary/aromatic N) is 1. The van der Waals surface area contributed by atoms with Crippen molar-refractivity contribution in [2.24, 2.45) is 5.73 Å². The Morgan fingerprint density at radius 2 is 1.92 bits per heavy atom. The van der Waals surface area contributed by atoms with Gasteiger partial charge in [-0.15, -0.1) is 0 Å². The summed E-state index contributed by atoms with van der Waals surface area (Å²) in [5.74, 6) is -1.05. The van der Waals surface area contributed by atoms with Gasteiger partial charge in [0.1, 0.15) is 11.9 Å². The number of nitrogens with one attached hydrogen (secondary N) is 1. The first-order valence-corrected chi connectivity index (χ1v) is 8.26. The van der Waals surface area contributed by atoms with E-state index < -0.39 is 11.9 Å². The Labute approximate surface area is 145 Å². The van der Waals surface area contributed by atoms with Crippen LogP contribution in [0.5, 0.6) is 0 Å². The highest BCUT2D eigenvalue weighted by Gasteiger charge is 2.32. The van der Waals surface area contributed by atoms with E-state index >= 15 is 0 Å². The van der Waals surface area contributed by atoms with Crippen molar-refractivity contribution in [2.75, 3.05) is 11.4 Å². The lowest BCUT2D eigenvalue weighted by atomic mass is 10.0. The molecule has 25 heavy (non-hydrogen) atoms. The number of benzene rings is 2. The number of nitrogens with two attached hydrogens (primary N) is 1. The minimum Gasteiger partial charge on any atom is -0.340 e. The number of anilines is 1. The maximum atomic E-state index is 14.0. The van der Waals surface area contributed by atoms with E-state index in [1.165, 1.54) is 11.0 Å². The van der Waals surface area contributed by atoms with Crippen molar-refractivity contribution in [2.45, 2.75) is 25.4 Å². The van der Waals surface area contributed by atoms with Gasteiger partial charge in [0.2, 0.25) is 5.91 Å². The zero-order chi connectivity index (χ0) is 17.8. The molecule has 1 saturated heterocycles. The van der Waals surface area contributed by atoms with Crippen LogP contribution in [0.2, 0.25) is 0 Å². The van der Waals surface area contributed by atoms with Crippen molar-refractivity contribution >= 4 is 17.5 Å². The molecule has 1 aliphatic heterocycles. The fraction of sp³-hybridized carbons (Fsp3) is 0.263. The van der Waals surface area contributed by atoms with Crippen molar-refractivity contribution in [3.8, 4) is 0 Å². The first kappa shape index (κ1) is 17.1. The lowest BCUT2D eigenvalue weighted by Gasteiger charge is -2.32. The molecule has 6 heteroatoms. The molecule has 3 rings (SSSR count). The number of rotatable bonds is 4. The van der Waals surface area contributed by atoms with Crippen LogP contribution in [0.25, 0.3) is 0 Å². The average Bonchev–Trinajstić information content (AvgIpc) is 2.64. The van der Waals surface area contributed by atoms with Gasteiger partial charge in [-0.1, -0.05) is 24.3 Å². The molecule has 0 aliphatic carbocycles. The summed E-state index contributed by atoms with van der Waals surface area (Å²) in [7, 11) is 0. The van der Waals surface area contributed by atoms with Crippen LogP contribution in [-0.2, 0) is 11.3 Å². The highest BCUT2D eigenvalue weighted by atomic mass is 19.1. The van der Waals surface area contributed by atoms with Gasteiger partial charge in [0.25, 0.3) is 5.91 Å². The number of amides is 2. The number of para-hydroxylation sites is 1. The fourth-order valence-electron chi connectivity index (χ4n) is 2.95. The van der Waals surface area contributed by atoms with E-state index in [2.05, 4.69) is 5.32 Å². The standard InChI is InChI=1S/C19H20FN3O2/c20-15-4-1-2-6-17(15)23-11-3-5-16(19(23)25)22-18(24)14-9-7-13(12-21)8-10-14/h1-2,4,6-10,16H,3,5,11-12,21H2,(H,22,24). The minimum absolute atomic E-state index is 0.249. The van der Waals surface area contributed by atoms with Crippen LogP contribution in [0.15, 0.2) is 48.5 Å². The predicted octanol–water partition coefficient (Wildman–Crippen LogP) is 2.21. The molecule has 0 aromatic heterocycles. The number of piperidine rings is 1. The van der Waals surface area contributed by atoms with Gasteiger partial charge in [-0.2, -0.15) is 0 Å². The molecule has 1 fully saturated rings. The topological polar surface area (TPSA) is 75.4 Å². The summed E-state index contributed by atoms with van der Waals surface area (Å²) in [6, 6.07) is 12.4. The van der Waals surface area contributed by atoms with Gasteiger partial charge in [-0.25, -0.2) is 4.39 Å². The Kier molecular flexibility index (Phi) is 5.09. The van der Waals surface area contributed by atoms with Gasteiger partial charge in [-0.3, -0.25) is 9.59 Å². The van der Waals surface area contributed by atoms with Crippen LogP contribution >= 0.6 is 0 Å². The Morgan fingerprint density at radius 3 is 2.60 bits per heavy atom. The Balaban J connectivity index is 1.72. The van der Waals surface area contributed by atoms with Crippen LogP contribution in [0.3, 0.4) is 0 Å². The summed E-state index contributed by atoms with van der Waals surface area (Å²) in [4.78, 5) is 26.5. The average molecular weight is 341 g/mol. The van der Waals surface area contributed by atoms with Crippen molar-refractivity contribution in [3.63, 3.8) is 0 Å². The number of hydrogen-bond acceptors (Lipinski definition) is 3. The molecular weight excluding hydrogens is 321 g/mol. The molecule has 2 amide bonds. The third kappa shape index (κ3) is 3.69. The second-order valence-electron chi connectivity index (χ2n) is 6.01. The molecule has 1 heterocycles. The number of hydrogen-bond donors (Lipinski definition) is 2. The van der Waals surface area contributed by atoms with Crippen LogP contribution < -0.4 is 16.0 Å². The third-order valence-corrected chi connectivity index (χ3v) is 4.34. The van der Waals surface area contributed by atoms with E-state index in [0.717, 1.165) is 5.56 Å². The van der Waals surface area contributed by atoms with Gasteiger partial charge >= 0.3 is 0 Å². The van der Waals surface area contributed by atoms with Gasteiger partial charge in [0.05, 0.1) is 5.69 Å². The zero-order valence-corrected chi connectivity index (χ0v) is 13.7. The smallest absolute Gasteiger partial charge is 0.251 e. The summed E-state index contributed by atoms with van der Waals surface area (Å²) in [6.45, 7) is 0.845. The monoisotopic (exact) mass is 341 g/mol. The largest absolute Gasteiger partial charge is 0.340 e. The van der Waals surface area contributed by atoms with E-state index in [4.69, 9.17) is 5.73 Å². The summed E-state index contributed by atoms with van der Waals surface area (Å²) >= 11 is 0. The van der Waals surface area contributed by atoms with Crippen molar-refractivity contribution in [3.05, 3.63) is 65.5 Å². The Hall–Kier alpha value is -2.73. The molecule has 1 atom stereocenters.